The summed E-state index contributed by atoms with van der Waals surface area (Å²) in [5.74, 6) is 1.95. The molecule has 2 aliphatic heterocycles. The summed E-state index contributed by atoms with van der Waals surface area (Å²) in [4.78, 5) is 20.3. The summed E-state index contributed by atoms with van der Waals surface area (Å²) in [7, 11) is 0. The zero-order valence-corrected chi connectivity index (χ0v) is 24.7. The molecular weight excluding hydrogens is 529 g/mol. The van der Waals surface area contributed by atoms with E-state index < -0.39 is 0 Å². The molecule has 2 aromatic heterocycles. The number of thioether (sulfide) groups is 2. The van der Waals surface area contributed by atoms with Gasteiger partial charge in [-0.15, -0.1) is 23.5 Å². The first-order valence-electron chi connectivity index (χ1n) is 13.6. The van der Waals surface area contributed by atoms with Crippen molar-refractivity contribution in [2.45, 2.75) is 38.8 Å². The lowest BCUT2D eigenvalue weighted by Crippen LogP contribution is -2.15. The fraction of sp³-hybridized carbons (Fsp3) is 0.235. The van der Waals surface area contributed by atoms with E-state index in [9.17, 15) is 0 Å². The molecule has 4 nitrogen and oxygen atoms in total. The van der Waals surface area contributed by atoms with Crippen molar-refractivity contribution in [3.63, 3.8) is 0 Å². The molecule has 0 saturated heterocycles. The normalized spacial score (nSPS) is 17.8. The lowest BCUT2D eigenvalue weighted by atomic mass is 9.88. The smallest absolute Gasteiger partial charge is 0.117 e. The second kappa shape index (κ2) is 9.57. The maximum absolute atomic E-state index is 5.19. The molecular formula is C34H30N4S2. The van der Waals surface area contributed by atoms with Crippen LogP contribution in [0.2, 0.25) is 0 Å². The van der Waals surface area contributed by atoms with Gasteiger partial charge in [0.1, 0.15) is 10.1 Å². The maximum atomic E-state index is 5.19. The van der Waals surface area contributed by atoms with Crippen LogP contribution in [0.25, 0.3) is 44.1 Å². The lowest BCUT2D eigenvalue weighted by molar-refractivity contribution is 0.604. The first-order chi connectivity index (χ1) is 19.3. The molecule has 0 amide bonds. The predicted molar refractivity (Wildman–Crippen MR) is 174 cm³/mol. The van der Waals surface area contributed by atoms with Crippen LogP contribution in [0.15, 0.2) is 94.9 Å². The molecule has 2 aliphatic rings. The third-order valence-electron chi connectivity index (χ3n) is 7.31. The van der Waals surface area contributed by atoms with Crippen molar-refractivity contribution in [2.75, 3.05) is 11.5 Å². The van der Waals surface area contributed by atoms with Gasteiger partial charge >= 0.3 is 0 Å². The number of rotatable bonds is 4. The standard InChI is InChI=1S/C34H30N4S2/c1-33(2)19-39-31(37-33)27-17-9-15-25(35-27)29-21-11-5-7-13-23(21)30(24-14-8-6-12-22(24)29)26-16-10-18-28(36-26)32-38-34(3,4)20-40-32/h5-18H,19-20H2,1-4H3. The molecule has 0 radical (unpaired) electrons. The molecule has 0 fully saturated rings. The second-order valence-corrected chi connectivity index (χ2v) is 13.6. The highest BCUT2D eigenvalue weighted by molar-refractivity contribution is 8.15. The van der Waals surface area contributed by atoms with Crippen molar-refractivity contribution in [3.8, 4) is 22.5 Å². The number of benzene rings is 3. The highest BCUT2D eigenvalue weighted by atomic mass is 32.2. The Morgan fingerprint density at radius 1 is 0.475 bits per heavy atom. The number of hydrogen-bond donors (Lipinski definition) is 0. The van der Waals surface area contributed by atoms with Gasteiger partial charge < -0.3 is 0 Å². The minimum Gasteiger partial charge on any atom is -0.269 e. The van der Waals surface area contributed by atoms with Gasteiger partial charge in [-0.25, -0.2) is 9.97 Å². The van der Waals surface area contributed by atoms with Crippen LogP contribution in [-0.2, 0) is 0 Å². The Morgan fingerprint density at radius 2 is 0.825 bits per heavy atom. The number of aromatic nitrogens is 2. The fourth-order valence-electron chi connectivity index (χ4n) is 5.50. The molecule has 3 aromatic carbocycles. The van der Waals surface area contributed by atoms with Crippen molar-refractivity contribution in [2.24, 2.45) is 9.98 Å². The molecule has 7 rings (SSSR count). The topological polar surface area (TPSA) is 50.5 Å². The number of nitrogens with zero attached hydrogens (tertiary/aromatic N) is 4. The molecule has 0 bridgehead atoms. The second-order valence-electron chi connectivity index (χ2n) is 11.7. The monoisotopic (exact) mass is 558 g/mol. The summed E-state index contributed by atoms with van der Waals surface area (Å²) in [5.41, 5.74) is 5.99. The van der Waals surface area contributed by atoms with E-state index in [1.807, 2.05) is 0 Å². The Morgan fingerprint density at radius 3 is 1.15 bits per heavy atom. The first kappa shape index (κ1) is 25.5. The first-order valence-corrected chi connectivity index (χ1v) is 15.6. The number of fused-ring (bicyclic) bond motifs is 2. The SMILES string of the molecule is CC1(C)CSC(c2cccc(-c3c4ccccc4c(-c4cccc(C5=NC(C)(C)CS5)n4)c4ccccc34)n2)=N1. The molecule has 0 atom stereocenters. The third kappa shape index (κ3) is 4.53. The van der Waals surface area contributed by atoms with Crippen LogP contribution in [0.4, 0.5) is 0 Å². The zero-order valence-electron chi connectivity index (χ0n) is 23.1. The highest BCUT2D eigenvalue weighted by Gasteiger charge is 2.28. The lowest BCUT2D eigenvalue weighted by Gasteiger charge is -2.17. The molecule has 0 spiro atoms. The van der Waals surface area contributed by atoms with Crippen LogP contribution in [0.1, 0.15) is 39.1 Å². The van der Waals surface area contributed by atoms with Crippen LogP contribution in [0, 0.1) is 0 Å². The van der Waals surface area contributed by atoms with Gasteiger partial charge in [-0.1, -0.05) is 60.7 Å². The summed E-state index contributed by atoms with van der Waals surface area (Å²) < 4.78 is 0. The molecule has 0 N–H and O–H groups in total. The molecule has 4 heterocycles. The van der Waals surface area contributed by atoms with Crippen molar-refractivity contribution < 1.29 is 0 Å². The van der Waals surface area contributed by atoms with Crippen LogP contribution in [0.3, 0.4) is 0 Å². The van der Waals surface area contributed by atoms with E-state index in [2.05, 4.69) is 113 Å². The predicted octanol–water partition coefficient (Wildman–Crippen LogP) is 8.66. The quantitative estimate of drug-likeness (QED) is 0.207. The molecule has 0 unspecified atom stereocenters. The van der Waals surface area contributed by atoms with E-state index in [0.717, 1.165) is 55.5 Å². The van der Waals surface area contributed by atoms with Gasteiger partial charge in [0.15, 0.2) is 0 Å². The van der Waals surface area contributed by atoms with E-state index in [1.54, 1.807) is 23.5 Å². The average molecular weight is 559 g/mol. The summed E-state index contributed by atoms with van der Waals surface area (Å²) in [5, 5.41) is 6.72. The summed E-state index contributed by atoms with van der Waals surface area (Å²) in [6.45, 7) is 8.72. The van der Waals surface area contributed by atoms with Gasteiger partial charge in [0.25, 0.3) is 0 Å². The Hall–Kier alpha value is -3.48. The van der Waals surface area contributed by atoms with Gasteiger partial charge in [-0.2, -0.15) is 0 Å². The van der Waals surface area contributed by atoms with E-state index in [-0.39, 0.29) is 11.1 Å². The van der Waals surface area contributed by atoms with Crippen LogP contribution in [0.5, 0.6) is 0 Å². The van der Waals surface area contributed by atoms with Crippen molar-refractivity contribution in [1.82, 2.24) is 9.97 Å². The van der Waals surface area contributed by atoms with E-state index in [4.69, 9.17) is 20.0 Å². The van der Waals surface area contributed by atoms with Crippen LogP contribution in [-0.4, -0.2) is 42.6 Å². The molecule has 0 aliphatic carbocycles. The van der Waals surface area contributed by atoms with E-state index in [1.165, 1.54) is 21.5 Å². The minimum atomic E-state index is -0.0570. The van der Waals surface area contributed by atoms with Crippen molar-refractivity contribution in [1.29, 1.82) is 0 Å². The minimum absolute atomic E-state index is 0.0570. The largest absolute Gasteiger partial charge is 0.269 e. The van der Waals surface area contributed by atoms with Crippen molar-refractivity contribution in [3.05, 3.63) is 96.3 Å². The number of hydrogen-bond acceptors (Lipinski definition) is 6. The number of aliphatic imine (C=N–C) groups is 2. The molecule has 40 heavy (non-hydrogen) atoms. The van der Waals surface area contributed by atoms with Gasteiger partial charge in [0.05, 0.1) is 33.9 Å². The van der Waals surface area contributed by atoms with Gasteiger partial charge in [0.2, 0.25) is 0 Å². The Labute approximate surface area is 243 Å². The fourth-order valence-corrected chi connectivity index (χ4v) is 7.75. The maximum Gasteiger partial charge on any atom is 0.117 e. The van der Waals surface area contributed by atoms with E-state index in [0.29, 0.717) is 0 Å². The van der Waals surface area contributed by atoms with Gasteiger partial charge in [-0.3, -0.25) is 9.98 Å². The zero-order chi connectivity index (χ0) is 27.5. The highest BCUT2D eigenvalue weighted by Crippen LogP contribution is 2.43. The van der Waals surface area contributed by atoms with Crippen molar-refractivity contribution >= 4 is 55.2 Å². The van der Waals surface area contributed by atoms with Gasteiger partial charge in [0, 0.05) is 22.6 Å². The molecule has 6 heteroatoms. The van der Waals surface area contributed by atoms with Crippen LogP contribution < -0.4 is 0 Å². The summed E-state index contributed by atoms with van der Waals surface area (Å²) >= 11 is 3.59. The molecule has 198 valence electrons. The average Bonchev–Trinajstić information content (AvgIpc) is 3.52. The van der Waals surface area contributed by atoms with E-state index >= 15 is 0 Å². The summed E-state index contributed by atoms with van der Waals surface area (Å²) in [6, 6.07) is 29.9. The summed E-state index contributed by atoms with van der Waals surface area (Å²) in [6.07, 6.45) is 0. The Bertz CT molecular complexity index is 1680. The Kier molecular flexibility index (Phi) is 6.09. The van der Waals surface area contributed by atoms with Crippen LogP contribution >= 0.6 is 23.5 Å². The molecule has 5 aromatic rings. The Balaban J connectivity index is 1.46. The third-order valence-corrected chi connectivity index (χ3v) is 10.2. The number of pyridine rings is 2. The molecule has 0 saturated carbocycles. The van der Waals surface area contributed by atoms with Gasteiger partial charge in [-0.05, 0) is 73.5 Å².